The van der Waals surface area contributed by atoms with Crippen molar-refractivity contribution < 1.29 is 23.9 Å². The molecular weight excluding hydrogens is 453 g/mol. The molecule has 0 fully saturated rings. The molecule has 2 N–H and O–H groups in total. The van der Waals surface area contributed by atoms with Crippen molar-refractivity contribution in [2.45, 2.75) is 39.1 Å². The molecule has 1 heterocycles. The van der Waals surface area contributed by atoms with Gasteiger partial charge in [-0.25, -0.2) is 4.39 Å². The second kappa shape index (κ2) is 9.07. The first kappa shape index (κ1) is 24.3. The maximum atomic E-state index is 13.9. The van der Waals surface area contributed by atoms with Crippen molar-refractivity contribution in [3.8, 4) is 22.6 Å². The lowest BCUT2D eigenvalue weighted by molar-refractivity contribution is -0.385. The van der Waals surface area contributed by atoms with E-state index in [-0.39, 0.29) is 12.3 Å². The predicted molar refractivity (Wildman–Crippen MR) is 133 cm³/mol. The van der Waals surface area contributed by atoms with E-state index in [1.165, 1.54) is 31.4 Å². The molecule has 4 rings (SSSR count). The molecule has 1 aliphatic heterocycles. The highest BCUT2D eigenvalue weighted by Crippen LogP contribution is 2.45. The van der Waals surface area contributed by atoms with E-state index in [1.807, 2.05) is 32.9 Å². The fourth-order valence-electron chi connectivity index (χ4n) is 4.45. The number of ether oxygens (including phenoxy) is 2. The Bertz CT molecular complexity index is 1290. The molecule has 35 heavy (non-hydrogen) atoms. The molecule has 3 aromatic carbocycles. The number of aryl methyl sites for hydroxylation is 1. The first-order valence-electron chi connectivity index (χ1n) is 11.1. The van der Waals surface area contributed by atoms with Crippen LogP contribution in [0.3, 0.4) is 0 Å². The lowest BCUT2D eigenvalue weighted by atomic mass is 9.91. The van der Waals surface area contributed by atoms with Crippen molar-refractivity contribution >= 4 is 17.1 Å². The Morgan fingerprint density at radius 2 is 1.86 bits per heavy atom. The molecule has 8 nitrogen and oxygen atoms in total. The second-order valence-corrected chi connectivity index (χ2v) is 9.16. The summed E-state index contributed by atoms with van der Waals surface area (Å²) in [6.45, 7) is 5.65. The zero-order valence-electron chi connectivity index (χ0n) is 20.3. The van der Waals surface area contributed by atoms with Crippen LogP contribution in [0.2, 0.25) is 0 Å². The number of nitrogens with zero attached hydrogens (tertiary/aromatic N) is 2. The number of nitrogens with one attached hydrogen (secondary N) is 1. The maximum absolute atomic E-state index is 13.9. The molecule has 0 aliphatic carbocycles. The van der Waals surface area contributed by atoms with Crippen LogP contribution in [0.4, 0.5) is 21.5 Å². The number of hydrogen-bond acceptors (Lipinski definition) is 7. The van der Waals surface area contributed by atoms with Crippen molar-refractivity contribution in [1.82, 2.24) is 0 Å². The Morgan fingerprint density at radius 1 is 1.14 bits per heavy atom. The van der Waals surface area contributed by atoms with Gasteiger partial charge in [0.15, 0.2) is 0 Å². The second-order valence-electron chi connectivity index (χ2n) is 9.16. The van der Waals surface area contributed by atoms with Crippen LogP contribution in [-0.2, 0) is 6.61 Å². The summed E-state index contributed by atoms with van der Waals surface area (Å²) in [6.07, 6.45) is -0.848. The summed E-state index contributed by atoms with van der Waals surface area (Å²) < 4.78 is 25.5. The van der Waals surface area contributed by atoms with E-state index < -0.39 is 22.5 Å². The summed E-state index contributed by atoms with van der Waals surface area (Å²) >= 11 is 0. The van der Waals surface area contributed by atoms with Crippen LogP contribution in [0, 0.1) is 22.9 Å². The summed E-state index contributed by atoms with van der Waals surface area (Å²) in [5, 5.41) is 25.6. The number of aliphatic hydroxyl groups is 1. The zero-order valence-corrected chi connectivity index (χ0v) is 20.3. The number of benzene rings is 3. The number of non-ortho nitro benzene ring substituents is 1. The monoisotopic (exact) mass is 481 g/mol. The highest BCUT2D eigenvalue weighted by Gasteiger charge is 2.38. The molecular formula is C26H28FN3O5. The number of rotatable bonds is 6. The normalized spacial score (nSPS) is 16.3. The Kier molecular flexibility index (Phi) is 6.29. The van der Waals surface area contributed by atoms with Crippen molar-refractivity contribution in [3.05, 3.63) is 75.6 Å². The molecule has 184 valence electrons. The highest BCUT2D eigenvalue weighted by molar-refractivity contribution is 5.87. The Balaban J connectivity index is 1.87. The Labute approximate surface area is 203 Å². The van der Waals surface area contributed by atoms with Crippen LogP contribution in [0.15, 0.2) is 48.5 Å². The third-order valence-electron chi connectivity index (χ3n) is 6.31. The zero-order chi connectivity index (χ0) is 25.5. The number of methoxy groups -OCH3 is 1. The average Bonchev–Trinajstić information content (AvgIpc) is 2.81. The summed E-state index contributed by atoms with van der Waals surface area (Å²) in [5.74, 6) is 0.302. The highest BCUT2D eigenvalue weighted by atomic mass is 19.1. The summed E-state index contributed by atoms with van der Waals surface area (Å²) in [4.78, 5) is 12.6. The van der Waals surface area contributed by atoms with Gasteiger partial charge in [0.25, 0.3) is 5.69 Å². The molecule has 1 atom stereocenters. The fourth-order valence-corrected chi connectivity index (χ4v) is 4.45. The smallest absolute Gasteiger partial charge is 0.273 e. The lowest BCUT2D eigenvalue weighted by Crippen LogP contribution is -2.56. The van der Waals surface area contributed by atoms with Crippen molar-refractivity contribution in [2.24, 2.45) is 0 Å². The van der Waals surface area contributed by atoms with E-state index in [1.54, 1.807) is 24.1 Å². The van der Waals surface area contributed by atoms with Gasteiger partial charge in [0.1, 0.15) is 30.2 Å². The number of likely N-dealkylation sites (N-methyl/N-ethyl adjacent to an activating group) is 1. The third-order valence-corrected chi connectivity index (χ3v) is 6.31. The molecule has 9 heteroatoms. The molecule has 1 aliphatic rings. The van der Waals surface area contributed by atoms with Crippen molar-refractivity contribution in [1.29, 1.82) is 0 Å². The van der Waals surface area contributed by atoms with Crippen LogP contribution >= 0.6 is 0 Å². The van der Waals surface area contributed by atoms with E-state index in [9.17, 15) is 19.6 Å². The number of halogens is 1. The molecule has 0 radical (unpaired) electrons. The van der Waals surface area contributed by atoms with Gasteiger partial charge in [-0.1, -0.05) is 6.07 Å². The molecule has 0 amide bonds. The van der Waals surface area contributed by atoms with E-state index in [4.69, 9.17) is 9.47 Å². The Hall–Kier alpha value is -3.85. The van der Waals surface area contributed by atoms with Gasteiger partial charge in [-0.3, -0.25) is 10.1 Å². The predicted octanol–water partition coefficient (Wildman–Crippen LogP) is 5.26. The van der Waals surface area contributed by atoms with E-state index >= 15 is 0 Å². The SMILES string of the molecule is COc1cc(F)ccc1-c1ccc2c(c1COc1cc([N+](=O)[O-])ccc1C)N(C)C(O)C(C)(C)N2. The number of nitro benzene ring substituents is 1. The van der Waals surface area contributed by atoms with E-state index in [0.717, 1.165) is 16.8 Å². The van der Waals surface area contributed by atoms with Gasteiger partial charge in [0.2, 0.25) is 0 Å². The molecule has 0 saturated heterocycles. The maximum Gasteiger partial charge on any atom is 0.273 e. The van der Waals surface area contributed by atoms with Crippen LogP contribution in [-0.4, -0.2) is 36.0 Å². The van der Waals surface area contributed by atoms with Crippen molar-refractivity contribution in [2.75, 3.05) is 24.4 Å². The average molecular weight is 482 g/mol. The van der Waals surface area contributed by atoms with Gasteiger partial charge in [0.05, 0.1) is 35.0 Å². The van der Waals surface area contributed by atoms with Gasteiger partial charge in [0, 0.05) is 30.3 Å². The first-order chi connectivity index (χ1) is 16.5. The number of aliphatic hydroxyl groups excluding tert-OH is 1. The first-order valence-corrected chi connectivity index (χ1v) is 11.1. The number of anilines is 2. The summed E-state index contributed by atoms with van der Waals surface area (Å²) in [6, 6.07) is 12.5. The third kappa shape index (κ3) is 4.46. The largest absolute Gasteiger partial charge is 0.496 e. The van der Waals surface area contributed by atoms with Crippen LogP contribution < -0.4 is 19.7 Å². The molecule has 1 unspecified atom stereocenters. The molecule has 0 spiro atoms. The quantitative estimate of drug-likeness (QED) is 0.366. The van der Waals surface area contributed by atoms with Crippen molar-refractivity contribution in [3.63, 3.8) is 0 Å². The minimum absolute atomic E-state index is 0.0419. The summed E-state index contributed by atoms with van der Waals surface area (Å²) in [7, 11) is 3.26. The van der Waals surface area contributed by atoms with Gasteiger partial charge < -0.3 is 24.8 Å². The molecule has 3 aromatic rings. The topological polar surface area (TPSA) is 97.1 Å². The van der Waals surface area contributed by atoms with Crippen LogP contribution in [0.1, 0.15) is 25.0 Å². The van der Waals surface area contributed by atoms with Crippen LogP contribution in [0.5, 0.6) is 11.5 Å². The lowest BCUT2D eigenvalue weighted by Gasteiger charge is -2.46. The van der Waals surface area contributed by atoms with E-state index in [0.29, 0.717) is 28.3 Å². The summed E-state index contributed by atoms with van der Waals surface area (Å²) in [5.41, 5.74) is 3.65. The fraction of sp³-hybridized carbons (Fsp3) is 0.308. The number of fused-ring (bicyclic) bond motifs is 1. The minimum atomic E-state index is -0.848. The van der Waals surface area contributed by atoms with Crippen LogP contribution in [0.25, 0.3) is 11.1 Å². The van der Waals surface area contributed by atoms with Gasteiger partial charge >= 0.3 is 0 Å². The van der Waals surface area contributed by atoms with Gasteiger partial charge in [-0.2, -0.15) is 0 Å². The molecule has 0 saturated carbocycles. The number of nitro groups is 1. The Morgan fingerprint density at radius 3 is 2.54 bits per heavy atom. The van der Waals surface area contributed by atoms with Gasteiger partial charge in [-0.15, -0.1) is 0 Å². The molecule has 0 aromatic heterocycles. The minimum Gasteiger partial charge on any atom is -0.496 e. The van der Waals surface area contributed by atoms with Gasteiger partial charge in [-0.05, 0) is 56.2 Å². The molecule has 0 bridgehead atoms. The van der Waals surface area contributed by atoms with E-state index in [2.05, 4.69) is 5.32 Å². The standard InChI is InChI=1S/C26H28FN3O5/c1-15-6-8-17(30(32)33)13-22(15)35-14-20-18(19-9-7-16(27)12-23(19)34-5)10-11-21-24(20)29(4)25(31)26(2,3)28-21/h6-13,25,28,31H,14H2,1-5H3. The number of hydrogen-bond donors (Lipinski definition) is 2.